The van der Waals surface area contributed by atoms with E-state index in [4.69, 9.17) is 10.6 Å². The lowest BCUT2D eigenvalue weighted by Gasteiger charge is -2.14. The minimum atomic E-state index is -1.18. The van der Waals surface area contributed by atoms with Gasteiger partial charge in [0.05, 0.1) is 18.8 Å². The van der Waals surface area contributed by atoms with E-state index in [2.05, 4.69) is 14.8 Å². The van der Waals surface area contributed by atoms with Gasteiger partial charge in [0.1, 0.15) is 6.61 Å². The first-order valence-electron chi connectivity index (χ1n) is 3.58. The summed E-state index contributed by atoms with van der Waals surface area (Å²) in [6.45, 7) is 0.403. The minimum Gasteiger partial charge on any atom is -0.463 e. The molecule has 0 aromatic rings. The quantitative estimate of drug-likeness (QED) is 0.264. The number of aliphatic hydroxyl groups is 2. The fourth-order valence-corrected chi connectivity index (χ4v) is 0.615. The number of hydrogen-bond acceptors (Lipinski definition) is 5. The number of nitrogens with zero attached hydrogens (tertiary/aromatic N) is 3. The molecule has 13 heavy (non-hydrogen) atoms. The number of carbonyl (C=O) groups is 1. The maximum atomic E-state index is 10.3. The molecule has 2 atom stereocenters. The van der Waals surface area contributed by atoms with Crippen LogP contribution in [0, 0.1) is 0 Å². The van der Waals surface area contributed by atoms with Crippen molar-refractivity contribution in [2.45, 2.75) is 19.1 Å². The highest BCUT2D eigenvalue weighted by atomic mass is 16.5. The van der Waals surface area contributed by atoms with E-state index in [9.17, 15) is 9.90 Å². The van der Waals surface area contributed by atoms with Crippen LogP contribution in [0.25, 0.3) is 10.4 Å². The minimum absolute atomic E-state index is 0.292. The van der Waals surface area contributed by atoms with Crippen LogP contribution < -0.4 is 0 Å². The molecule has 0 amide bonds. The van der Waals surface area contributed by atoms with Crippen molar-refractivity contribution in [2.75, 3.05) is 13.2 Å². The van der Waals surface area contributed by atoms with Gasteiger partial charge in [-0.05, 0) is 5.53 Å². The zero-order valence-electron chi connectivity index (χ0n) is 7.12. The van der Waals surface area contributed by atoms with Gasteiger partial charge in [-0.15, -0.1) is 0 Å². The summed E-state index contributed by atoms with van der Waals surface area (Å²) in [5, 5.41) is 20.9. The third-order valence-corrected chi connectivity index (χ3v) is 1.29. The third kappa shape index (κ3) is 5.02. The number of hydrogen-bond donors (Lipinski definition) is 2. The second kappa shape index (κ2) is 6.24. The van der Waals surface area contributed by atoms with Crippen LogP contribution in [0.2, 0.25) is 0 Å². The third-order valence-electron chi connectivity index (χ3n) is 1.29. The molecule has 0 aliphatic carbocycles. The Morgan fingerprint density at radius 3 is 2.77 bits per heavy atom. The van der Waals surface area contributed by atoms with Gasteiger partial charge in [-0.1, -0.05) is 5.11 Å². The Bertz CT molecular complexity index is 214. The van der Waals surface area contributed by atoms with Crippen molar-refractivity contribution in [2.24, 2.45) is 5.11 Å². The van der Waals surface area contributed by atoms with Gasteiger partial charge >= 0.3 is 5.97 Å². The van der Waals surface area contributed by atoms with Crippen molar-refractivity contribution in [3.8, 4) is 0 Å². The molecule has 0 heterocycles. The normalized spacial score (nSPS) is 14.1. The molecule has 0 aliphatic rings. The summed E-state index contributed by atoms with van der Waals surface area (Å²) < 4.78 is 4.45. The van der Waals surface area contributed by atoms with E-state index in [1.807, 2.05) is 0 Å². The molecule has 0 bridgehead atoms. The lowest BCUT2D eigenvalue weighted by molar-refractivity contribution is -0.144. The Labute approximate surface area is 74.6 Å². The number of aliphatic hydroxyl groups excluding tert-OH is 2. The van der Waals surface area contributed by atoms with E-state index in [0.717, 1.165) is 0 Å². The molecule has 0 saturated carbocycles. The van der Waals surface area contributed by atoms with Gasteiger partial charge in [-0.3, -0.25) is 4.79 Å². The Morgan fingerprint density at radius 1 is 1.77 bits per heavy atom. The monoisotopic (exact) mass is 189 g/mol. The first kappa shape index (κ1) is 11.7. The molecule has 0 spiro atoms. The SMILES string of the molecule is CC(=O)OC[C@@H](O)[C@@H](CO)N=[N+]=[N-]. The van der Waals surface area contributed by atoms with Crippen LogP contribution in [0.3, 0.4) is 0 Å². The zero-order chi connectivity index (χ0) is 10.3. The van der Waals surface area contributed by atoms with E-state index < -0.39 is 24.7 Å². The van der Waals surface area contributed by atoms with Gasteiger partial charge in [-0.25, -0.2) is 0 Å². The topological polar surface area (TPSA) is 116 Å². The highest BCUT2D eigenvalue weighted by Gasteiger charge is 2.17. The maximum absolute atomic E-state index is 10.3. The second-order valence-electron chi connectivity index (χ2n) is 2.32. The van der Waals surface area contributed by atoms with Crippen molar-refractivity contribution in [3.05, 3.63) is 10.4 Å². The van der Waals surface area contributed by atoms with Gasteiger partial charge in [0.2, 0.25) is 0 Å². The Balaban J connectivity index is 3.97. The molecule has 2 N–H and O–H groups in total. The second-order valence-corrected chi connectivity index (χ2v) is 2.32. The largest absolute Gasteiger partial charge is 0.463 e. The fraction of sp³-hybridized carbons (Fsp3) is 0.833. The van der Waals surface area contributed by atoms with Crippen LogP contribution in [-0.2, 0) is 9.53 Å². The van der Waals surface area contributed by atoms with Crippen LogP contribution in [0.1, 0.15) is 6.92 Å². The van der Waals surface area contributed by atoms with Crippen molar-refractivity contribution < 1.29 is 19.7 Å². The Morgan fingerprint density at radius 2 is 2.38 bits per heavy atom. The highest BCUT2D eigenvalue weighted by molar-refractivity contribution is 5.65. The zero-order valence-corrected chi connectivity index (χ0v) is 7.12. The standard InChI is InChI=1S/C6H11N3O4/c1-4(11)13-3-6(12)5(2-10)8-9-7/h5-6,10,12H,2-3H2,1H3/t5-,6-/m1/s1. The summed E-state index contributed by atoms with van der Waals surface area (Å²) in [7, 11) is 0. The van der Waals surface area contributed by atoms with E-state index in [0.29, 0.717) is 0 Å². The average Bonchev–Trinajstić information content (AvgIpc) is 2.10. The molecule has 0 unspecified atom stereocenters. The van der Waals surface area contributed by atoms with Crippen molar-refractivity contribution in [1.82, 2.24) is 0 Å². The van der Waals surface area contributed by atoms with Gasteiger partial charge in [0.15, 0.2) is 0 Å². The van der Waals surface area contributed by atoms with Gasteiger partial charge in [0, 0.05) is 11.8 Å². The first-order valence-corrected chi connectivity index (χ1v) is 3.58. The average molecular weight is 189 g/mol. The number of ether oxygens (including phenoxy) is 1. The number of carbonyl (C=O) groups excluding carboxylic acids is 1. The van der Waals surface area contributed by atoms with Crippen LogP contribution in [-0.4, -0.2) is 41.5 Å². The summed E-state index contributed by atoms with van der Waals surface area (Å²) in [6, 6.07) is -0.982. The number of esters is 1. The maximum Gasteiger partial charge on any atom is 0.302 e. The molecule has 7 nitrogen and oxygen atoms in total. The fourth-order valence-electron chi connectivity index (χ4n) is 0.615. The van der Waals surface area contributed by atoms with E-state index in [1.165, 1.54) is 6.92 Å². The summed E-state index contributed by atoms with van der Waals surface area (Å²) in [5.74, 6) is -0.545. The van der Waals surface area contributed by atoms with Crippen LogP contribution >= 0.6 is 0 Å². The Hall–Kier alpha value is -1.30. The summed E-state index contributed by atoms with van der Waals surface area (Å²) in [6.07, 6.45) is -1.18. The summed E-state index contributed by atoms with van der Waals surface area (Å²) in [5.41, 5.74) is 8.02. The van der Waals surface area contributed by atoms with E-state index >= 15 is 0 Å². The molecule has 0 saturated heterocycles. The molecule has 0 radical (unpaired) electrons. The predicted octanol–water partition coefficient (Wildman–Crippen LogP) is -0.418. The lowest BCUT2D eigenvalue weighted by atomic mass is 10.2. The molecule has 7 heteroatoms. The summed E-state index contributed by atoms with van der Waals surface area (Å²) in [4.78, 5) is 12.7. The lowest BCUT2D eigenvalue weighted by Crippen LogP contribution is -2.32. The molecule has 0 fully saturated rings. The van der Waals surface area contributed by atoms with Crippen molar-refractivity contribution in [1.29, 1.82) is 0 Å². The van der Waals surface area contributed by atoms with E-state index in [-0.39, 0.29) is 6.61 Å². The van der Waals surface area contributed by atoms with E-state index in [1.54, 1.807) is 0 Å². The van der Waals surface area contributed by atoms with Gasteiger partial charge in [0.25, 0.3) is 0 Å². The Kier molecular flexibility index (Phi) is 5.62. The molecule has 0 rings (SSSR count). The smallest absolute Gasteiger partial charge is 0.302 e. The first-order chi connectivity index (χ1) is 6.11. The van der Waals surface area contributed by atoms with Gasteiger partial charge in [-0.2, -0.15) is 0 Å². The van der Waals surface area contributed by atoms with Crippen molar-refractivity contribution >= 4 is 5.97 Å². The molecule has 0 aromatic heterocycles. The molecular formula is C6H11N3O4. The molecule has 0 aromatic carbocycles. The van der Waals surface area contributed by atoms with Crippen molar-refractivity contribution in [3.63, 3.8) is 0 Å². The highest BCUT2D eigenvalue weighted by Crippen LogP contribution is 1.99. The summed E-state index contributed by atoms with van der Waals surface area (Å²) >= 11 is 0. The number of rotatable bonds is 5. The van der Waals surface area contributed by atoms with Crippen LogP contribution in [0.4, 0.5) is 0 Å². The predicted molar refractivity (Wildman–Crippen MR) is 42.7 cm³/mol. The molecule has 74 valence electrons. The molecule has 0 aliphatic heterocycles. The molecular weight excluding hydrogens is 178 g/mol. The van der Waals surface area contributed by atoms with Crippen LogP contribution in [0.15, 0.2) is 5.11 Å². The number of azide groups is 1. The van der Waals surface area contributed by atoms with Gasteiger partial charge < -0.3 is 14.9 Å². The van der Waals surface area contributed by atoms with Crippen LogP contribution in [0.5, 0.6) is 0 Å².